The zero-order valence-corrected chi connectivity index (χ0v) is 8.34. The van der Waals surface area contributed by atoms with Crippen LogP contribution in [0.5, 0.6) is 0 Å². The first kappa shape index (κ1) is 10.3. The Balaban J connectivity index is 1.96. The summed E-state index contributed by atoms with van der Waals surface area (Å²) in [6.07, 6.45) is 4.26. The van der Waals surface area contributed by atoms with E-state index >= 15 is 0 Å². The third-order valence-electron chi connectivity index (χ3n) is 1.72. The Kier molecular flexibility index (Phi) is 4.57. The molecule has 3 nitrogen and oxygen atoms in total. The van der Waals surface area contributed by atoms with Crippen LogP contribution < -0.4 is 5.32 Å². The normalized spacial score (nSPS) is 11.0. The molecule has 0 atom stereocenters. The van der Waals surface area contributed by atoms with E-state index in [1.165, 1.54) is 5.56 Å². The van der Waals surface area contributed by atoms with E-state index in [1.54, 1.807) is 0 Å². The van der Waals surface area contributed by atoms with E-state index in [0.29, 0.717) is 6.10 Å². The van der Waals surface area contributed by atoms with Gasteiger partial charge in [0.2, 0.25) is 0 Å². The summed E-state index contributed by atoms with van der Waals surface area (Å²) < 4.78 is 5.39. The van der Waals surface area contributed by atoms with E-state index in [1.807, 2.05) is 26.2 Å². The number of hydrogen-bond donors (Lipinski definition) is 2. The Hall–Kier alpha value is -0.800. The van der Waals surface area contributed by atoms with Crippen LogP contribution in [0.4, 0.5) is 0 Å². The molecule has 74 valence electrons. The van der Waals surface area contributed by atoms with Gasteiger partial charge in [0.1, 0.15) is 0 Å². The summed E-state index contributed by atoms with van der Waals surface area (Å²) >= 11 is 0. The van der Waals surface area contributed by atoms with Crippen LogP contribution in [-0.4, -0.2) is 24.2 Å². The first-order valence-corrected chi connectivity index (χ1v) is 4.73. The van der Waals surface area contributed by atoms with E-state index in [2.05, 4.69) is 16.4 Å². The third kappa shape index (κ3) is 4.70. The average Bonchev–Trinajstić information content (AvgIpc) is 2.55. The van der Waals surface area contributed by atoms with E-state index in [0.717, 1.165) is 19.7 Å². The van der Waals surface area contributed by atoms with Gasteiger partial charge in [-0.3, -0.25) is 0 Å². The largest absolute Gasteiger partial charge is 0.377 e. The summed E-state index contributed by atoms with van der Waals surface area (Å²) in [4.78, 5) is 3.02. The predicted octanol–water partition coefficient (Wildman–Crippen LogP) is 1.53. The SMILES string of the molecule is CC(C)OCCNCc1cc[nH]c1. The number of nitrogens with one attached hydrogen (secondary N) is 2. The standard InChI is InChI=1S/C10H18N2O/c1-9(2)13-6-5-12-8-10-3-4-11-7-10/h3-4,7,9,11-12H,5-6,8H2,1-2H3. The van der Waals surface area contributed by atoms with Gasteiger partial charge >= 0.3 is 0 Å². The van der Waals surface area contributed by atoms with E-state index in [9.17, 15) is 0 Å². The topological polar surface area (TPSA) is 37.0 Å². The van der Waals surface area contributed by atoms with Crippen molar-refractivity contribution in [1.29, 1.82) is 0 Å². The maximum absolute atomic E-state index is 5.39. The summed E-state index contributed by atoms with van der Waals surface area (Å²) in [5.74, 6) is 0. The highest BCUT2D eigenvalue weighted by Crippen LogP contribution is 1.94. The van der Waals surface area contributed by atoms with Crippen LogP contribution in [-0.2, 0) is 11.3 Å². The van der Waals surface area contributed by atoms with Gasteiger partial charge in [-0.2, -0.15) is 0 Å². The Bertz CT molecular complexity index is 207. The van der Waals surface area contributed by atoms with Crippen molar-refractivity contribution in [3.05, 3.63) is 24.0 Å². The minimum Gasteiger partial charge on any atom is -0.377 e. The minimum absolute atomic E-state index is 0.328. The van der Waals surface area contributed by atoms with Crippen LogP contribution in [0.2, 0.25) is 0 Å². The van der Waals surface area contributed by atoms with Crippen molar-refractivity contribution in [3.8, 4) is 0 Å². The Labute approximate surface area is 79.5 Å². The summed E-state index contributed by atoms with van der Waals surface area (Å²) in [5, 5.41) is 3.30. The highest BCUT2D eigenvalue weighted by Gasteiger charge is 1.93. The fourth-order valence-electron chi connectivity index (χ4n) is 1.07. The number of ether oxygens (including phenoxy) is 1. The maximum Gasteiger partial charge on any atom is 0.0594 e. The molecule has 0 amide bonds. The number of aromatic nitrogens is 1. The third-order valence-corrected chi connectivity index (χ3v) is 1.72. The second-order valence-electron chi connectivity index (χ2n) is 3.32. The van der Waals surface area contributed by atoms with Gasteiger partial charge in [-0.1, -0.05) is 0 Å². The molecule has 1 heterocycles. The molecular weight excluding hydrogens is 164 g/mol. The molecule has 1 aromatic heterocycles. The lowest BCUT2D eigenvalue weighted by Crippen LogP contribution is -2.20. The van der Waals surface area contributed by atoms with Gasteiger partial charge in [0.25, 0.3) is 0 Å². The molecule has 0 spiro atoms. The molecule has 1 aromatic rings. The van der Waals surface area contributed by atoms with Crippen molar-refractivity contribution in [2.24, 2.45) is 0 Å². The van der Waals surface area contributed by atoms with Crippen LogP contribution in [0, 0.1) is 0 Å². The highest BCUT2D eigenvalue weighted by atomic mass is 16.5. The van der Waals surface area contributed by atoms with Gasteiger partial charge in [-0.15, -0.1) is 0 Å². The van der Waals surface area contributed by atoms with Crippen molar-refractivity contribution in [1.82, 2.24) is 10.3 Å². The second kappa shape index (κ2) is 5.78. The molecule has 0 bridgehead atoms. The summed E-state index contributed by atoms with van der Waals surface area (Å²) in [7, 11) is 0. The monoisotopic (exact) mass is 182 g/mol. The van der Waals surface area contributed by atoms with Gasteiger partial charge in [0, 0.05) is 25.5 Å². The van der Waals surface area contributed by atoms with Gasteiger partial charge in [0.15, 0.2) is 0 Å². The molecule has 3 heteroatoms. The fourth-order valence-corrected chi connectivity index (χ4v) is 1.07. The van der Waals surface area contributed by atoms with Crippen LogP contribution in [0.1, 0.15) is 19.4 Å². The van der Waals surface area contributed by atoms with Crippen molar-refractivity contribution < 1.29 is 4.74 Å². The number of hydrogen-bond acceptors (Lipinski definition) is 2. The number of rotatable bonds is 6. The quantitative estimate of drug-likeness (QED) is 0.655. The summed E-state index contributed by atoms with van der Waals surface area (Å²) in [6.45, 7) is 6.69. The molecule has 0 saturated carbocycles. The van der Waals surface area contributed by atoms with E-state index < -0.39 is 0 Å². The Morgan fingerprint density at radius 2 is 2.38 bits per heavy atom. The van der Waals surface area contributed by atoms with Gasteiger partial charge in [-0.05, 0) is 25.5 Å². The first-order chi connectivity index (χ1) is 6.29. The molecule has 0 aliphatic rings. The zero-order valence-electron chi connectivity index (χ0n) is 8.34. The molecule has 2 N–H and O–H groups in total. The van der Waals surface area contributed by atoms with Crippen LogP contribution in [0.3, 0.4) is 0 Å². The lowest BCUT2D eigenvalue weighted by molar-refractivity contribution is 0.0807. The van der Waals surface area contributed by atoms with Crippen molar-refractivity contribution in [2.45, 2.75) is 26.5 Å². The summed E-state index contributed by atoms with van der Waals surface area (Å²) in [6, 6.07) is 2.07. The van der Waals surface area contributed by atoms with Crippen LogP contribution >= 0.6 is 0 Å². The van der Waals surface area contributed by atoms with Crippen LogP contribution in [0.25, 0.3) is 0 Å². The molecule has 0 saturated heterocycles. The van der Waals surface area contributed by atoms with Gasteiger partial charge in [0.05, 0.1) is 12.7 Å². The molecule has 0 aliphatic carbocycles. The Morgan fingerprint density at radius 3 is 3.00 bits per heavy atom. The molecule has 0 fully saturated rings. The number of H-pyrrole nitrogens is 1. The van der Waals surface area contributed by atoms with Crippen LogP contribution in [0.15, 0.2) is 18.5 Å². The zero-order chi connectivity index (χ0) is 9.52. The maximum atomic E-state index is 5.39. The number of aromatic amines is 1. The molecule has 13 heavy (non-hydrogen) atoms. The molecule has 0 aromatic carbocycles. The lowest BCUT2D eigenvalue weighted by Gasteiger charge is -2.07. The van der Waals surface area contributed by atoms with Gasteiger partial charge in [-0.25, -0.2) is 0 Å². The smallest absolute Gasteiger partial charge is 0.0594 e. The van der Waals surface area contributed by atoms with E-state index in [4.69, 9.17) is 4.74 Å². The molecule has 0 aliphatic heterocycles. The molecule has 0 radical (unpaired) electrons. The van der Waals surface area contributed by atoms with Gasteiger partial charge < -0.3 is 15.0 Å². The molecule has 0 unspecified atom stereocenters. The van der Waals surface area contributed by atoms with E-state index in [-0.39, 0.29) is 0 Å². The molecular formula is C10H18N2O. The van der Waals surface area contributed by atoms with Crippen molar-refractivity contribution >= 4 is 0 Å². The van der Waals surface area contributed by atoms with Crippen molar-refractivity contribution in [3.63, 3.8) is 0 Å². The second-order valence-corrected chi connectivity index (χ2v) is 3.32. The Morgan fingerprint density at radius 1 is 1.54 bits per heavy atom. The molecule has 1 rings (SSSR count). The van der Waals surface area contributed by atoms with Crippen molar-refractivity contribution in [2.75, 3.05) is 13.2 Å². The first-order valence-electron chi connectivity index (χ1n) is 4.73. The highest BCUT2D eigenvalue weighted by molar-refractivity contribution is 5.07. The average molecular weight is 182 g/mol. The predicted molar refractivity (Wildman–Crippen MR) is 53.6 cm³/mol. The fraction of sp³-hybridized carbons (Fsp3) is 0.600. The summed E-state index contributed by atoms with van der Waals surface area (Å²) in [5.41, 5.74) is 1.28. The lowest BCUT2D eigenvalue weighted by atomic mass is 10.3. The minimum atomic E-state index is 0.328.